The van der Waals surface area contributed by atoms with Crippen LogP contribution in [-0.4, -0.2) is 19.6 Å². The average Bonchev–Trinajstić information content (AvgIpc) is 3.32. The molecule has 0 spiro atoms. The molecule has 27 heavy (non-hydrogen) atoms. The quantitative estimate of drug-likeness (QED) is 0.362. The first-order valence-electron chi connectivity index (χ1n) is 8.32. The Morgan fingerprint density at radius 2 is 1.37 bits per heavy atom. The van der Waals surface area contributed by atoms with Crippen molar-refractivity contribution in [2.75, 3.05) is 7.05 Å². The topological polar surface area (TPSA) is 60.2 Å². The number of aryl methyl sites for hydroxylation is 1. The van der Waals surface area contributed by atoms with E-state index < -0.39 is 0 Å². The van der Waals surface area contributed by atoms with Gasteiger partial charge in [0.2, 0.25) is 0 Å². The number of aldehydes is 2. The van der Waals surface area contributed by atoms with Crippen molar-refractivity contribution in [3.05, 3.63) is 68.3 Å². The molecule has 2 N–H and O–H groups in total. The molecule has 0 amide bonds. The van der Waals surface area contributed by atoms with Gasteiger partial charge in [-0.25, -0.2) is 0 Å². The minimum absolute atomic E-state index is 0.781. The Morgan fingerprint density at radius 1 is 0.852 bits per heavy atom. The number of hydrogen-bond donors (Lipinski definition) is 1. The lowest BCUT2D eigenvalue weighted by atomic mass is 10.1. The van der Waals surface area contributed by atoms with Crippen molar-refractivity contribution in [2.24, 2.45) is 5.73 Å². The maximum Gasteiger partial charge on any atom is 0.160 e. The van der Waals surface area contributed by atoms with Crippen LogP contribution in [0.2, 0.25) is 0 Å². The van der Waals surface area contributed by atoms with Crippen LogP contribution in [0.4, 0.5) is 0 Å². The lowest BCUT2D eigenvalue weighted by Gasteiger charge is -1.94. The van der Waals surface area contributed by atoms with E-state index in [0.717, 1.165) is 43.3 Å². The van der Waals surface area contributed by atoms with E-state index in [2.05, 4.69) is 46.8 Å². The minimum atomic E-state index is 0.781. The van der Waals surface area contributed by atoms with Crippen molar-refractivity contribution in [1.82, 2.24) is 0 Å². The maximum atomic E-state index is 10.5. The number of halogens is 1. The van der Waals surface area contributed by atoms with Gasteiger partial charge in [0.1, 0.15) is 0 Å². The Hall–Kier alpha value is -1.86. The van der Waals surface area contributed by atoms with Gasteiger partial charge in [-0.2, -0.15) is 0 Å². The molecular formula is C21H20BrNO2S2. The molecule has 4 aromatic rings. The van der Waals surface area contributed by atoms with Crippen LogP contribution in [0.5, 0.6) is 0 Å². The summed E-state index contributed by atoms with van der Waals surface area (Å²) in [7, 11) is 1.50. The zero-order chi connectivity index (χ0) is 19.8. The summed E-state index contributed by atoms with van der Waals surface area (Å²) in [5.74, 6) is 0. The molecule has 0 aliphatic heterocycles. The number of nitrogens with two attached hydrogens (primary N) is 1. The van der Waals surface area contributed by atoms with Crippen molar-refractivity contribution in [3.8, 4) is 0 Å². The second-order valence-electron chi connectivity index (χ2n) is 5.44. The number of benzene rings is 2. The molecule has 0 atom stereocenters. The predicted molar refractivity (Wildman–Crippen MR) is 122 cm³/mol. The Balaban J connectivity index is 0.000000178. The monoisotopic (exact) mass is 461 g/mol. The molecule has 0 saturated heterocycles. The third-order valence-corrected chi connectivity index (χ3v) is 6.29. The molecule has 0 fully saturated rings. The average molecular weight is 462 g/mol. The molecule has 0 unspecified atom stereocenters. The lowest BCUT2D eigenvalue weighted by molar-refractivity contribution is 0.111. The summed E-state index contributed by atoms with van der Waals surface area (Å²) in [6, 6.07) is 16.2. The zero-order valence-electron chi connectivity index (χ0n) is 15.1. The molecule has 2 heterocycles. The summed E-state index contributed by atoms with van der Waals surface area (Å²) in [5.41, 5.74) is 5.83. The lowest BCUT2D eigenvalue weighted by Crippen LogP contribution is -1.75. The third-order valence-electron chi connectivity index (χ3n) is 3.75. The van der Waals surface area contributed by atoms with E-state index in [4.69, 9.17) is 0 Å². The Kier molecular flexibility index (Phi) is 8.31. The number of carbonyl (C=O) groups is 2. The summed E-state index contributed by atoms with van der Waals surface area (Å²) in [6.45, 7) is 2.13. The van der Waals surface area contributed by atoms with Crippen LogP contribution in [0.3, 0.4) is 0 Å². The molecule has 0 saturated carbocycles. The van der Waals surface area contributed by atoms with Crippen LogP contribution in [0.1, 0.15) is 31.8 Å². The summed E-state index contributed by atoms with van der Waals surface area (Å²) >= 11 is 6.45. The first-order chi connectivity index (χ1) is 13.1. The van der Waals surface area contributed by atoms with E-state index in [1.54, 1.807) is 11.3 Å². The standard InChI is InChI=1S/C11H10OS.C9H5BrOS.CH5N/c1-2-8-3-4-9-6-10(7-12)13-11(9)5-8;10-7-2-1-6-3-8(5-11)12-9(6)4-7;1-2/h3-7H,2H2,1H3;1-5H;2H2,1H3. The van der Waals surface area contributed by atoms with Gasteiger partial charge in [-0.1, -0.05) is 41.1 Å². The van der Waals surface area contributed by atoms with E-state index in [1.807, 2.05) is 30.3 Å². The fraction of sp³-hybridized carbons (Fsp3) is 0.143. The fourth-order valence-electron chi connectivity index (χ4n) is 2.46. The van der Waals surface area contributed by atoms with Crippen molar-refractivity contribution < 1.29 is 9.59 Å². The summed E-state index contributed by atoms with van der Waals surface area (Å²) in [5, 5.41) is 2.30. The number of rotatable bonds is 3. The third kappa shape index (κ3) is 5.56. The van der Waals surface area contributed by atoms with E-state index in [-0.39, 0.29) is 0 Å². The van der Waals surface area contributed by atoms with Crippen LogP contribution < -0.4 is 5.73 Å². The predicted octanol–water partition coefficient (Wildman–Crippen LogP) is 6.33. The van der Waals surface area contributed by atoms with Crippen molar-refractivity contribution >= 4 is 71.3 Å². The van der Waals surface area contributed by atoms with E-state index >= 15 is 0 Å². The number of carbonyl (C=O) groups excluding carboxylic acids is 2. The SMILES string of the molecule is CCc1ccc2cc(C=O)sc2c1.CN.O=Cc1cc2ccc(Br)cc2s1. The normalized spacial score (nSPS) is 9.93. The molecule has 140 valence electrons. The molecule has 3 nitrogen and oxygen atoms in total. The van der Waals surface area contributed by atoms with Gasteiger partial charge in [0.05, 0.1) is 9.75 Å². The highest BCUT2D eigenvalue weighted by Crippen LogP contribution is 2.27. The highest BCUT2D eigenvalue weighted by Gasteiger charge is 2.01. The fourth-order valence-corrected chi connectivity index (χ4v) is 4.83. The van der Waals surface area contributed by atoms with E-state index in [9.17, 15) is 9.59 Å². The molecule has 2 aromatic carbocycles. The molecule has 4 rings (SSSR count). The van der Waals surface area contributed by atoms with Crippen LogP contribution >= 0.6 is 38.6 Å². The van der Waals surface area contributed by atoms with Crippen molar-refractivity contribution in [3.63, 3.8) is 0 Å². The summed E-state index contributed by atoms with van der Waals surface area (Å²) in [4.78, 5) is 22.6. The first kappa shape index (κ1) is 21.4. The highest BCUT2D eigenvalue weighted by molar-refractivity contribution is 9.10. The van der Waals surface area contributed by atoms with Crippen LogP contribution in [0, 0.1) is 0 Å². The van der Waals surface area contributed by atoms with Gasteiger partial charge in [-0.15, -0.1) is 22.7 Å². The Bertz CT molecular complexity index is 1050. The smallest absolute Gasteiger partial charge is 0.160 e. The molecule has 6 heteroatoms. The van der Waals surface area contributed by atoms with Crippen LogP contribution in [-0.2, 0) is 6.42 Å². The highest BCUT2D eigenvalue weighted by atomic mass is 79.9. The van der Waals surface area contributed by atoms with Gasteiger partial charge in [-0.3, -0.25) is 9.59 Å². The van der Waals surface area contributed by atoms with Gasteiger partial charge in [0.15, 0.2) is 12.6 Å². The molecule has 2 aromatic heterocycles. The van der Waals surface area contributed by atoms with Gasteiger partial charge < -0.3 is 5.73 Å². The van der Waals surface area contributed by atoms with E-state index in [1.165, 1.54) is 34.0 Å². The minimum Gasteiger partial charge on any atom is -0.333 e. The molecule has 0 aliphatic carbocycles. The summed E-state index contributed by atoms with van der Waals surface area (Å²) < 4.78 is 3.40. The van der Waals surface area contributed by atoms with Crippen molar-refractivity contribution in [2.45, 2.75) is 13.3 Å². The van der Waals surface area contributed by atoms with Gasteiger partial charge in [0.25, 0.3) is 0 Å². The van der Waals surface area contributed by atoms with Gasteiger partial charge in [0, 0.05) is 13.9 Å². The van der Waals surface area contributed by atoms with Gasteiger partial charge in [-0.05, 0) is 60.1 Å². The first-order valence-corrected chi connectivity index (χ1v) is 10.7. The second kappa shape index (κ2) is 10.5. The number of fused-ring (bicyclic) bond motifs is 2. The largest absolute Gasteiger partial charge is 0.333 e. The zero-order valence-corrected chi connectivity index (χ0v) is 18.3. The van der Waals surface area contributed by atoms with Gasteiger partial charge >= 0.3 is 0 Å². The molecule has 0 radical (unpaired) electrons. The molecule has 0 aliphatic rings. The Morgan fingerprint density at radius 3 is 1.89 bits per heavy atom. The molecular weight excluding hydrogens is 442 g/mol. The second-order valence-corrected chi connectivity index (χ2v) is 8.59. The summed E-state index contributed by atoms with van der Waals surface area (Å²) in [6.07, 6.45) is 2.85. The van der Waals surface area contributed by atoms with Crippen LogP contribution in [0.15, 0.2) is 53.0 Å². The Labute approximate surface area is 174 Å². The number of hydrogen-bond acceptors (Lipinski definition) is 5. The maximum absolute atomic E-state index is 10.5. The van der Waals surface area contributed by atoms with Crippen LogP contribution in [0.25, 0.3) is 20.2 Å². The molecule has 0 bridgehead atoms. The number of thiophene rings is 2. The van der Waals surface area contributed by atoms with Crippen molar-refractivity contribution in [1.29, 1.82) is 0 Å². The van der Waals surface area contributed by atoms with E-state index in [0.29, 0.717) is 0 Å².